The maximum Gasteiger partial charge on any atom is 0.191 e. The molecule has 1 atom stereocenters. The number of methoxy groups -OCH3 is 1. The van der Waals surface area contributed by atoms with Crippen LogP contribution in [0.15, 0.2) is 16.6 Å². The minimum absolute atomic E-state index is 0.280. The van der Waals surface area contributed by atoms with E-state index in [1.807, 2.05) is 16.3 Å². The molecule has 0 bridgehead atoms. The van der Waals surface area contributed by atoms with Crippen LogP contribution in [0, 0.1) is 0 Å². The fraction of sp³-hybridized carbons (Fsp3) is 0.571. The summed E-state index contributed by atoms with van der Waals surface area (Å²) in [6.07, 6.45) is 3.71. The molecule has 0 aromatic carbocycles. The molecule has 0 amide bonds. The van der Waals surface area contributed by atoms with Gasteiger partial charge in [0.2, 0.25) is 0 Å². The first-order valence-corrected chi connectivity index (χ1v) is 8.43. The lowest BCUT2D eigenvalue weighted by Gasteiger charge is -2.25. The number of ether oxygens (including phenoxy) is 1. The van der Waals surface area contributed by atoms with Crippen molar-refractivity contribution in [3.8, 4) is 0 Å². The molecule has 0 saturated carbocycles. The van der Waals surface area contributed by atoms with Gasteiger partial charge >= 0.3 is 0 Å². The van der Waals surface area contributed by atoms with E-state index in [-0.39, 0.29) is 6.04 Å². The summed E-state index contributed by atoms with van der Waals surface area (Å²) in [7, 11) is 3.43. The third-order valence-corrected chi connectivity index (χ3v) is 4.41. The maximum atomic E-state index is 5.09. The van der Waals surface area contributed by atoms with Gasteiger partial charge < -0.3 is 15.4 Å². The van der Waals surface area contributed by atoms with Crippen molar-refractivity contribution in [3.05, 3.63) is 28.2 Å². The van der Waals surface area contributed by atoms with Crippen LogP contribution in [0.4, 0.5) is 0 Å². The van der Waals surface area contributed by atoms with Crippen molar-refractivity contribution in [2.24, 2.45) is 4.99 Å². The highest BCUT2D eigenvalue weighted by molar-refractivity contribution is 7.09. The highest BCUT2D eigenvalue weighted by atomic mass is 32.1. The Kier molecular flexibility index (Phi) is 5.19. The van der Waals surface area contributed by atoms with Crippen LogP contribution in [0.5, 0.6) is 0 Å². The second kappa shape index (κ2) is 7.51. The summed E-state index contributed by atoms with van der Waals surface area (Å²) in [5, 5.41) is 14.2. The Balaban J connectivity index is 1.55. The van der Waals surface area contributed by atoms with Crippen LogP contribution in [0.3, 0.4) is 0 Å². The Bertz CT molecular complexity index is 652. The lowest BCUT2D eigenvalue weighted by molar-refractivity contribution is 0.177. The Morgan fingerprint density at radius 2 is 2.48 bits per heavy atom. The molecule has 23 heavy (non-hydrogen) atoms. The summed E-state index contributed by atoms with van der Waals surface area (Å²) in [4.78, 5) is 13.0. The topological polar surface area (TPSA) is 89.2 Å². The molecule has 124 valence electrons. The van der Waals surface area contributed by atoms with Crippen molar-refractivity contribution < 1.29 is 4.74 Å². The molecule has 1 aliphatic rings. The second-order valence-electron chi connectivity index (χ2n) is 5.29. The van der Waals surface area contributed by atoms with Gasteiger partial charge in [-0.15, -0.1) is 11.3 Å². The van der Waals surface area contributed by atoms with E-state index in [2.05, 4.69) is 30.7 Å². The SMILES string of the molecule is CN=C(NCc1nccs1)NC1CCc2nc(COC)nn2C1. The van der Waals surface area contributed by atoms with Crippen molar-refractivity contribution in [3.63, 3.8) is 0 Å². The van der Waals surface area contributed by atoms with Crippen LogP contribution in [0.2, 0.25) is 0 Å². The number of guanidine groups is 1. The molecule has 3 rings (SSSR count). The number of aryl methyl sites for hydroxylation is 1. The van der Waals surface area contributed by atoms with Crippen LogP contribution >= 0.6 is 11.3 Å². The van der Waals surface area contributed by atoms with Crippen molar-refractivity contribution in [2.75, 3.05) is 14.2 Å². The first kappa shape index (κ1) is 15.9. The largest absolute Gasteiger partial charge is 0.377 e. The fourth-order valence-electron chi connectivity index (χ4n) is 2.56. The fourth-order valence-corrected chi connectivity index (χ4v) is 3.11. The van der Waals surface area contributed by atoms with E-state index in [0.717, 1.165) is 42.0 Å². The standard InChI is InChI=1S/C14H21N7OS/c1-15-14(17-7-13-16-5-6-23-13)18-10-3-4-12-19-11(9-22-2)20-21(12)8-10/h5-6,10H,3-4,7-9H2,1-2H3,(H2,15,17,18). The normalized spacial score (nSPS) is 17.8. The summed E-state index contributed by atoms with van der Waals surface area (Å²) >= 11 is 1.63. The lowest BCUT2D eigenvalue weighted by Crippen LogP contribution is -2.46. The van der Waals surface area contributed by atoms with E-state index in [1.165, 1.54) is 0 Å². The zero-order chi connectivity index (χ0) is 16.1. The molecule has 8 nitrogen and oxygen atoms in total. The number of rotatable bonds is 5. The third-order valence-electron chi connectivity index (χ3n) is 3.63. The molecule has 0 aliphatic carbocycles. The Morgan fingerprint density at radius 1 is 1.57 bits per heavy atom. The third kappa shape index (κ3) is 4.05. The number of fused-ring (bicyclic) bond motifs is 1. The van der Waals surface area contributed by atoms with E-state index >= 15 is 0 Å². The molecule has 0 saturated heterocycles. The molecule has 2 aromatic heterocycles. The molecule has 2 aromatic rings. The van der Waals surface area contributed by atoms with E-state index < -0.39 is 0 Å². The maximum absolute atomic E-state index is 5.09. The van der Waals surface area contributed by atoms with Gasteiger partial charge in [-0.3, -0.25) is 4.99 Å². The summed E-state index contributed by atoms with van der Waals surface area (Å²) in [5.41, 5.74) is 0. The molecule has 0 fully saturated rings. The molecule has 1 unspecified atom stereocenters. The van der Waals surface area contributed by atoms with Crippen molar-refractivity contribution in [1.29, 1.82) is 0 Å². The average Bonchev–Trinajstić information content (AvgIpc) is 3.20. The number of aromatic nitrogens is 4. The number of thiazole rings is 1. The van der Waals surface area contributed by atoms with Gasteiger partial charge in [0.15, 0.2) is 11.8 Å². The molecular formula is C14H21N7OS. The Hall–Kier alpha value is -2.00. The Morgan fingerprint density at radius 3 is 3.22 bits per heavy atom. The van der Waals surface area contributed by atoms with Crippen LogP contribution in [-0.2, 0) is 30.9 Å². The molecular weight excluding hydrogens is 314 g/mol. The van der Waals surface area contributed by atoms with Crippen LogP contribution in [-0.4, -0.2) is 45.9 Å². The molecule has 2 N–H and O–H groups in total. The van der Waals surface area contributed by atoms with Gasteiger partial charge in [-0.1, -0.05) is 0 Å². The minimum atomic E-state index is 0.280. The first-order valence-electron chi connectivity index (χ1n) is 7.55. The second-order valence-corrected chi connectivity index (χ2v) is 6.27. The number of aliphatic imine (C=N–C) groups is 1. The van der Waals surface area contributed by atoms with Gasteiger partial charge in [-0.2, -0.15) is 5.10 Å². The highest BCUT2D eigenvalue weighted by Crippen LogP contribution is 2.13. The quantitative estimate of drug-likeness (QED) is 0.613. The number of nitrogens with zero attached hydrogens (tertiary/aromatic N) is 5. The molecule has 3 heterocycles. The highest BCUT2D eigenvalue weighted by Gasteiger charge is 2.22. The van der Waals surface area contributed by atoms with Crippen LogP contribution in [0.25, 0.3) is 0 Å². The number of hydrogen-bond donors (Lipinski definition) is 2. The summed E-state index contributed by atoms with van der Waals surface area (Å²) in [6.45, 7) is 1.91. The van der Waals surface area contributed by atoms with Crippen molar-refractivity contribution >= 4 is 17.3 Å². The van der Waals surface area contributed by atoms with Crippen LogP contribution < -0.4 is 10.6 Å². The molecule has 1 aliphatic heterocycles. The van der Waals surface area contributed by atoms with Gasteiger partial charge in [0.1, 0.15) is 17.4 Å². The first-order chi connectivity index (χ1) is 11.3. The van der Waals surface area contributed by atoms with Gasteiger partial charge in [0.05, 0.1) is 13.1 Å². The van der Waals surface area contributed by atoms with Crippen molar-refractivity contribution in [2.45, 2.75) is 38.6 Å². The number of nitrogens with one attached hydrogen (secondary N) is 2. The average molecular weight is 335 g/mol. The van der Waals surface area contributed by atoms with E-state index in [1.54, 1.807) is 25.5 Å². The zero-order valence-corrected chi connectivity index (χ0v) is 14.1. The summed E-state index contributed by atoms with van der Waals surface area (Å²) < 4.78 is 7.06. The zero-order valence-electron chi connectivity index (χ0n) is 13.3. The summed E-state index contributed by atoms with van der Waals surface area (Å²) in [6, 6.07) is 0.280. The number of hydrogen-bond acceptors (Lipinski definition) is 6. The Labute approximate surface area is 139 Å². The van der Waals surface area contributed by atoms with Gasteiger partial charge in [0, 0.05) is 38.2 Å². The minimum Gasteiger partial charge on any atom is -0.377 e. The predicted octanol–water partition coefficient (Wildman–Crippen LogP) is 0.561. The van der Waals surface area contributed by atoms with E-state index in [4.69, 9.17) is 4.74 Å². The van der Waals surface area contributed by atoms with Gasteiger partial charge in [-0.05, 0) is 6.42 Å². The van der Waals surface area contributed by atoms with Crippen LogP contribution in [0.1, 0.15) is 23.1 Å². The van der Waals surface area contributed by atoms with Crippen molar-refractivity contribution in [1.82, 2.24) is 30.4 Å². The molecule has 9 heteroatoms. The smallest absolute Gasteiger partial charge is 0.191 e. The molecule has 0 spiro atoms. The summed E-state index contributed by atoms with van der Waals surface area (Å²) in [5.74, 6) is 2.56. The predicted molar refractivity (Wildman–Crippen MR) is 88.3 cm³/mol. The van der Waals surface area contributed by atoms with Gasteiger partial charge in [0.25, 0.3) is 0 Å². The van der Waals surface area contributed by atoms with Gasteiger partial charge in [-0.25, -0.2) is 14.6 Å². The van der Waals surface area contributed by atoms with E-state index in [0.29, 0.717) is 13.2 Å². The van der Waals surface area contributed by atoms with E-state index in [9.17, 15) is 0 Å². The molecule has 0 radical (unpaired) electrons. The lowest BCUT2D eigenvalue weighted by atomic mass is 10.1. The monoisotopic (exact) mass is 335 g/mol.